The van der Waals surface area contributed by atoms with Crippen LogP contribution in [0.15, 0.2) is 48.5 Å². The fourth-order valence-electron chi connectivity index (χ4n) is 4.29. The van der Waals surface area contributed by atoms with Crippen LogP contribution in [0.2, 0.25) is 0 Å². The molecule has 1 aliphatic rings. The van der Waals surface area contributed by atoms with Gasteiger partial charge in [0, 0.05) is 26.2 Å². The van der Waals surface area contributed by atoms with Gasteiger partial charge in [-0.1, -0.05) is 48.9 Å². The molecule has 1 atom stereocenters. The Morgan fingerprint density at radius 1 is 1.03 bits per heavy atom. The molecule has 32 heavy (non-hydrogen) atoms. The van der Waals surface area contributed by atoms with Crippen LogP contribution in [0, 0.1) is 5.82 Å². The first kappa shape index (κ1) is 21.0. The number of anilines is 1. The van der Waals surface area contributed by atoms with Crippen molar-refractivity contribution >= 4 is 26.7 Å². The number of fused-ring (bicyclic) bond motifs is 1. The van der Waals surface area contributed by atoms with Crippen LogP contribution < -0.4 is 4.90 Å². The summed E-state index contributed by atoms with van der Waals surface area (Å²) in [6.45, 7) is 6.46. The third-order valence-electron chi connectivity index (χ3n) is 5.97. The number of aromatic nitrogens is 5. The Balaban J connectivity index is 1.30. The first-order valence-corrected chi connectivity index (χ1v) is 11.9. The molecule has 0 aliphatic carbocycles. The Kier molecular flexibility index (Phi) is 6.09. The van der Waals surface area contributed by atoms with Crippen molar-refractivity contribution in [2.75, 3.05) is 31.1 Å². The van der Waals surface area contributed by atoms with Crippen molar-refractivity contribution in [2.45, 2.75) is 32.4 Å². The number of rotatable bonds is 7. The third-order valence-corrected chi connectivity index (χ3v) is 7.07. The minimum absolute atomic E-state index is 0.160. The predicted octanol–water partition coefficient (Wildman–Crippen LogP) is 4.13. The van der Waals surface area contributed by atoms with E-state index in [0.29, 0.717) is 6.54 Å². The summed E-state index contributed by atoms with van der Waals surface area (Å²) >= 11 is 1.76. The van der Waals surface area contributed by atoms with Gasteiger partial charge in [0.15, 0.2) is 11.0 Å². The molecule has 3 heterocycles. The molecule has 5 rings (SSSR count). The van der Waals surface area contributed by atoms with Crippen LogP contribution in [0.25, 0.3) is 10.2 Å². The van der Waals surface area contributed by atoms with E-state index in [0.717, 1.165) is 61.1 Å². The maximum Gasteiger partial charge on any atom is 0.186 e. The fourth-order valence-corrected chi connectivity index (χ4v) is 5.31. The molecule has 0 radical (unpaired) electrons. The van der Waals surface area contributed by atoms with Crippen LogP contribution in [0.4, 0.5) is 9.52 Å². The van der Waals surface area contributed by atoms with Gasteiger partial charge in [0.1, 0.15) is 5.82 Å². The van der Waals surface area contributed by atoms with E-state index in [1.54, 1.807) is 23.5 Å². The number of hydrogen-bond acceptors (Lipinski definition) is 7. The van der Waals surface area contributed by atoms with Gasteiger partial charge in [-0.3, -0.25) is 4.90 Å². The van der Waals surface area contributed by atoms with Crippen LogP contribution in [-0.4, -0.2) is 56.3 Å². The molecule has 1 fully saturated rings. The fraction of sp³-hybridized carbons (Fsp3) is 0.391. The summed E-state index contributed by atoms with van der Waals surface area (Å²) in [5.74, 6) is 0.644. The Hall–Kier alpha value is -2.91. The molecule has 7 nitrogen and oxygen atoms in total. The molecular weight excluding hydrogens is 425 g/mol. The second-order valence-electron chi connectivity index (χ2n) is 8.11. The summed E-state index contributed by atoms with van der Waals surface area (Å²) in [5.41, 5.74) is 2.05. The minimum Gasteiger partial charge on any atom is -0.345 e. The smallest absolute Gasteiger partial charge is 0.186 e. The zero-order chi connectivity index (χ0) is 21.9. The maximum absolute atomic E-state index is 13.3. The summed E-state index contributed by atoms with van der Waals surface area (Å²) in [5, 5.41) is 13.7. The zero-order valence-corrected chi connectivity index (χ0v) is 18.9. The summed E-state index contributed by atoms with van der Waals surface area (Å²) in [6, 6.07) is 15.0. The Bertz CT molecular complexity index is 1130. The Morgan fingerprint density at radius 2 is 1.81 bits per heavy atom. The average molecular weight is 452 g/mol. The van der Waals surface area contributed by atoms with Gasteiger partial charge in [0.2, 0.25) is 0 Å². The summed E-state index contributed by atoms with van der Waals surface area (Å²) < 4.78 is 16.4. The largest absolute Gasteiger partial charge is 0.345 e. The number of piperazine rings is 1. The summed E-state index contributed by atoms with van der Waals surface area (Å²) in [6.07, 6.45) is 2.04. The molecule has 9 heteroatoms. The highest BCUT2D eigenvalue weighted by atomic mass is 32.1. The number of hydrogen-bond donors (Lipinski definition) is 0. The lowest BCUT2D eigenvalue weighted by Gasteiger charge is -2.38. The second kappa shape index (κ2) is 9.30. The molecule has 0 bridgehead atoms. The highest BCUT2D eigenvalue weighted by Crippen LogP contribution is 2.31. The third kappa shape index (κ3) is 4.35. The maximum atomic E-state index is 13.3. The molecule has 2 aromatic carbocycles. The van der Waals surface area contributed by atoms with Crippen LogP contribution in [0.1, 0.15) is 37.2 Å². The van der Waals surface area contributed by atoms with Crippen LogP contribution in [-0.2, 0) is 6.54 Å². The SMILES string of the molecule is CCC[C@@H](c1nnnn1Cc1ccc(F)cc1)N1CCN(c2nc3ccccc3s2)CC1. The lowest BCUT2D eigenvalue weighted by atomic mass is 10.1. The van der Waals surface area contributed by atoms with Crippen molar-refractivity contribution < 1.29 is 4.39 Å². The molecule has 2 aromatic heterocycles. The van der Waals surface area contributed by atoms with Crippen molar-refractivity contribution in [3.05, 3.63) is 65.7 Å². The van der Waals surface area contributed by atoms with Crippen molar-refractivity contribution in [1.82, 2.24) is 30.1 Å². The number of benzene rings is 2. The molecule has 1 aliphatic heterocycles. The summed E-state index contributed by atoms with van der Waals surface area (Å²) in [7, 11) is 0. The van der Waals surface area contributed by atoms with Crippen molar-refractivity contribution in [3.8, 4) is 0 Å². The van der Waals surface area contributed by atoms with E-state index < -0.39 is 0 Å². The van der Waals surface area contributed by atoms with Gasteiger partial charge in [-0.05, 0) is 46.7 Å². The van der Waals surface area contributed by atoms with Gasteiger partial charge in [-0.25, -0.2) is 14.1 Å². The standard InChI is InChI=1S/C23H26FN7S/c1-2-5-20(22-26-27-28-31(22)16-17-8-10-18(24)11-9-17)29-12-14-30(15-13-29)23-25-19-6-3-4-7-21(19)32-23/h3-4,6-11,20H,2,5,12-16H2,1H3/t20-/m0/s1. The quantitative estimate of drug-likeness (QED) is 0.421. The van der Waals surface area contributed by atoms with Crippen LogP contribution >= 0.6 is 11.3 Å². The first-order chi connectivity index (χ1) is 15.7. The number of tetrazole rings is 1. The van der Waals surface area contributed by atoms with Crippen molar-refractivity contribution in [3.63, 3.8) is 0 Å². The summed E-state index contributed by atoms with van der Waals surface area (Å²) in [4.78, 5) is 9.69. The van der Waals surface area contributed by atoms with Gasteiger partial charge < -0.3 is 4.90 Å². The molecule has 1 saturated heterocycles. The highest BCUT2D eigenvalue weighted by Gasteiger charge is 2.29. The monoisotopic (exact) mass is 451 g/mol. The number of thiazole rings is 1. The van der Waals surface area contributed by atoms with E-state index in [9.17, 15) is 4.39 Å². The molecule has 0 N–H and O–H groups in total. The van der Waals surface area contributed by atoms with Gasteiger partial charge in [-0.15, -0.1) is 5.10 Å². The predicted molar refractivity (Wildman–Crippen MR) is 124 cm³/mol. The van der Waals surface area contributed by atoms with E-state index in [2.05, 4.69) is 50.4 Å². The molecule has 0 amide bonds. The second-order valence-corrected chi connectivity index (χ2v) is 9.12. The van der Waals surface area contributed by atoms with E-state index in [1.165, 1.54) is 16.8 Å². The Labute approximate surface area is 190 Å². The van der Waals surface area contributed by atoms with E-state index in [-0.39, 0.29) is 11.9 Å². The topological polar surface area (TPSA) is 63.0 Å². The van der Waals surface area contributed by atoms with Gasteiger partial charge in [0.25, 0.3) is 0 Å². The van der Waals surface area contributed by atoms with Crippen LogP contribution in [0.3, 0.4) is 0 Å². The number of nitrogens with zero attached hydrogens (tertiary/aromatic N) is 7. The van der Waals surface area contributed by atoms with Crippen molar-refractivity contribution in [1.29, 1.82) is 0 Å². The van der Waals surface area contributed by atoms with Gasteiger partial charge >= 0.3 is 0 Å². The molecule has 0 unspecified atom stereocenters. The number of halogens is 1. The Morgan fingerprint density at radius 3 is 2.56 bits per heavy atom. The average Bonchev–Trinajstić information content (AvgIpc) is 3.46. The lowest BCUT2D eigenvalue weighted by Crippen LogP contribution is -2.48. The first-order valence-electron chi connectivity index (χ1n) is 11.1. The lowest BCUT2D eigenvalue weighted by molar-refractivity contribution is 0.164. The van der Waals surface area contributed by atoms with Crippen LogP contribution in [0.5, 0.6) is 0 Å². The molecule has 0 spiro atoms. The van der Waals surface area contributed by atoms with E-state index in [4.69, 9.17) is 4.98 Å². The molecule has 166 valence electrons. The molecule has 0 saturated carbocycles. The molecular formula is C23H26FN7S. The van der Waals surface area contributed by atoms with Crippen molar-refractivity contribution in [2.24, 2.45) is 0 Å². The van der Waals surface area contributed by atoms with Gasteiger partial charge in [-0.2, -0.15) is 0 Å². The van der Waals surface area contributed by atoms with Gasteiger partial charge in [0.05, 0.1) is 22.8 Å². The van der Waals surface area contributed by atoms with E-state index >= 15 is 0 Å². The zero-order valence-electron chi connectivity index (χ0n) is 18.1. The molecule has 4 aromatic rings. The number of para-hydroxylation sites is 1. The highest BCUT2D eigenvalue weighted by molar-refractivity contribution is 7.22. The minimum atomic E-state index is -0.236. The van der Waals surface area contributed by atoms with E-state index in [1.807, 2.05) is 10.7 Å². The normalized spacial score (nSPS) is 16.0.